The fourth-order valence-corrected chi connectivity index (χ4v) is 1.68. The molecule has 3 N–H and O–H groups in total. The summed E-state index contributed by atoms with van der Waals surface area (Å²) in [7, 11) is 0. The highest BCUT2D eigenvalue weighted by molar-refractivity contribution is 6.04. The van der Waals surface area contributed by atoms with Crippen LogP contribution in [-0.4, -0.2) is 34.7 Å². The van der Waals surface area contributed by atoms with E-state index < -0.39 is 34.6 Å². The van der Waals surface area contributed by atoms with Gasteiger partial charge in [0.2, 0.25) is 0 Å². The Morgan fingerprint density at radius 3 is 2.30 bits per heavy atom. The number of nitrogens with one attached hydrogen (secondary N) is 1. The van der Waals surface area contributed by atoms with Crippen LogP contribution in [0.4, 0.5) is 8.78 Å². The Hall–Kier alpha value is -2.02. The minimum absolute atomic E-state index is 0.0359. The van der Waals surface area contributed by atoms with Gasteiger partial charge in [-0.05, 0) is 31.9 Å². The van der Waals surface area contributed by atoms with Crippen molar-refractivity contribution in [2.24, 2.45) is 0 Å². The van der Waals surface area contributed by atoms with Gasteiger partial charge in [0, 0.05) is 12.6 Å². The van der Waals surface area contributed by atoms with Gasteiger partial charge in [0.05, 0.1) is 11.1 Å². The average Bonchev–Trinajstić information content (AvgIpc) is 2.38. The zero-order valence-corrected chi connectivity index (χ0v) is 10.8. The molecule has 1 aromatic rings. The van der Waals surface area contributed by atoms with Crippen LogP contribution in [0.3, 0.4) is 0 Å². The third-order valence-electron chi connectivity index (χ3n) is 2.71. The van der Waals surface area contributed by atoms with Crippen LogP contribution in [0.5, 0.6) is 0 Å². The molecule has 0 aromatic heterocycles. The number of carboxylic acids is 1. The molecule has 1 aromatic carbocycles. The van der Waals surface area contributed by atoms with E-state index >= 15 is 0 Å². The van der Waals surface area contributed by atoms with Crippen LogP contribution in [-0.2, 0) is 0 Å². The van der Waals surface area contributed by atoms with Gasteiger partial charge in [0.1, 0.15) is 0 Å². The van der Waals surface area contributed by atoms with Gasteiger partial charge in [0.15, 0.2) is 11.6 Å². The maximum atomic E-state index is 13.1. The largest absolute Gasteiger partial charge is 0.478 e. The quantitative estimate of drug-likeness (QED) is 0.741. The Morgan fingerprint density at radius 2 is 1.80 bits per heavy atom. The van der Waals surface area contributed by atoms with Crippen molar-refractivity contribution in [2.75, 3.05) is 6.61 Å². The molecule has 20 heavy (non-hydrogen) atoms. The van der Waals surface area contributed by atoms with E-state index in [1.165, 1.54) is 0 Å². The molecule has 0 aliphatic heterocycles. The smallest absolute Gasteiger partial charge is 0.336 e. The predicted octanol–water partition coefficient (Wildman–Crippen LogP) is 1.55. The van der Waals surface area contributed by atoms with Crippen LogP contribution < -0.4 is 5.32 Å². The van der Waals surface area contributed by atoms with E-state index in [2.05, 4.69) is 5.32 Å². The number of hydrogen-bond donors (Lipinski definition) is 3. The zero-order valence-electron chi connectivity index (χ0n) is 10.8. The number of hydrogen-bond acceptors (Lipinski definition) is 3. The topological polar surface area (TPSA) is 86.6 Å². The predicted molar refractivity (Wildman–Crippen MR) is 66.6 cm³/mol. The fraction of sp³-hybridized carbons (Fsp3) is 0.385. The van der Waals surface area contributed by atoms with Crippen molar-refractivity contribution in [3.8, 4) is 0 Å². The second-order valence-electron chi connectivity index (χ2n) is 4.36. The molecule has 0 saturated carbocycles. The Kier molecular flexibility index (Phi) is 5.57. The number of aliphatic hydroxyl groups excluding tert-OH is 1. The molecule has 1 atom stereocenters. The molecule has 0 aliphatic rings. The van der Waals surface area contributed by atoms with Crippen molar-refractivity contribution in [1.82, 2.24) is 5.32 Å². The van der Waals surface area contributed by atoms with E-state index in [0.29, 0.717) is 25.0 Å². The fourth-order valence-electron chi connectivity index (χ4n) is 1.68. The molecular weight excluding hydrogens is 272 g/mol. The average molecular weight is 287 g/mol. The van der Waals surface area contributed by atoms with E-state index in [9.17, 15) is 18.4 Å². The van der Waals surface area contributed by atoms with Crippen molar-refractivity contribution in [2.45, 2.75) is 25.8 Å². The van der Waals surface area contributed by atoms with E-state index in [-0.39, 0.29) is 12.6 Å². The molecule has 0 spiro atoms. The summed E-state index contributed by atoms with van der Waals surface area (Å²) < 4.78 is 26.2. The number of rotatable bonds is 6. The van der Waals surface area contributed by atoms with Gasteiger partial charge < -0.3 is 15.5 Å². The summed E-state index contributed by atoms with van der Waals surface area (Å²) in [5, 5.41) is 20.0. The Bertz CT molecular complexity index is 519. The molecule has 1 amide bonds. The summed E-state index contributed by atoms with van der Waals surface area (Å²) in [6.07, 6.45) is 0.944. The minimum atomic E-state index is -1.52. The van der Waals surface area contributed by atoms with Gasteiger partial charge in [-0.25, -0.2) is 13.6 Å². The van der Waals surface area contributed by atoms with Crippen LogP contribution in [0.25, 0.3) is 0 Å². The third kappa shape index (κ3) is 3.99. The highest BCUT2D eigenvalue weighted by atomic mass is 19.2. The first-order valence-electron chi connectivity index (χ1n) is 6.01. The first kappa shape index (κ1) is 16.0. The standard InChI is InChI=1S/C13H15F2NO4/c1-7(3-2-4-17)16-12(18)8-5-10(14)11(15)6-9(8)13(19)20/h5-7,17H,2-4H2,1H3,(H,16,18)(H,19,20). The Balaban J connectivity index is 2.97. The number of aliphatic hydroxyl groups is 1. The maximum Gasteiger partial charge on any atom is 0.336 e. The highest BCUT2D eigenvalue weighted by Gasteiger charge is 2.21. The number of carbonyl (C=O) groups is 2. The summed E-state index contributed by atoms with van der Waals surface area (Å²) in [6, 6.07) is 0.710. The van der Waals surface area contributed by atoms with Gasteiger partial charge in [-0.15, -0.1) is 0 Å². The SMILES string of the molecule is CC(CCCO)NC(=O)c1cc(F)c(F)cc1C(=O)O. The number of halogens is 2. The number of carbonyl (C=O) groups excluding carboxylic acids is 1. The van der Waals surface area contributed by atoms with Gasteiger partial charge in [-0.1, -0.05) is 0 Å². The molecule has 7 heteroatoms. The molecule has 0 bridgehead atoms. The van der Waals surface area contributed by atoms with E-state index in [0.717, 1.165) is 0 Å². The van der Waals surface area contributed by atoms with Crippen LogP contribution in [0.1, 0.15) is 40.5 Å². The van der Waals surface area contributed by atoms with Crippen LogP contribution in [0.2, 0.25) is 0 Å². The third-order valence-corrected chi connectivity index (χ3v) is 2.71. The van der Waals surface area contributed by atoms with Crippen LogP contribution >= 0.6 is 0 Å². The summed E-state index contributed by atoms with van der Waals surface area (Å²) in [5.41, 5.74) is -1.04. The van der Waals surface area contributed by atoms with Gasteiger partial charge in [-0.2, -0.15) is 0 Å². The number of aromatic carboxylic acids is 1. The molecule has 1 unspecified atom stereocenters. The Labute approximate surface area is 114 Å². The number of carboxylic acid groups (broad SMARTS) is 1. The highest BCUT2D eigenvalue weighted by Crippen LogP contribution is 2.16. The lowest BCUT2D eigenvalue weighted by Crippen LogP contribution is -2.33. The summed E-state index contributed by atoms with van der Waals surface area (Å²) in [6.45, 7) is 1.62. The molecule has 0 radical (unpaired) electrons. The van der Waals surface area contributed by atoms with Crippen LogP contribution in [0.15, 0.2) is 12.1 Å². The molecule has 110 valence electrons. The minimum Gasteiger partial charge on any atom is -0.478 e. The van der Waals surface area contributed by atoms with E-state index in [1.807, 2.05) is 0 Å². The van der Waals surface area contributed by atoms with Gasteiger partial charge >= 0.3 is 5.97 Å². The molecule has 5 nitrogen and oxygen atoms in total. The molecule has 0 fully saturated rings. The molecule has 0 saturated heterocycles. The lowest BCUT2D eigenvalue weighted by atomic mass is 10.1. The zero-order chi connectivity index (χ0) is 15.3. The monoisotopic (exact) mass is 287 g/mol. The van der Waals surface area contributed by atoms with Crippen molar-refractivity contribution in [1.29, 1.82) is 0 Å². The lowest BCUT2D eigenvalue weighted by Gasteiger charge is -2.14. The first-order chi connectivity index (χ1) is 9.36. The summed E-state index contributed by atoms with van der Waals surface area (Å²) in [4.78, 5) is 22.8. The van der Waals surface area contributed by atoms with E-state index in [4.69, 9.17) is 10.2 Å². The van der Waals surface area contributed by atoms with Gasteiger partial charge in [-0.3, -0.25) is 4.79 Å². The van der Waals surface area contributed by atoms with Gasteiger partial charge in [0.25, 0.3) is 5.91 Å². The Morgan fingerprint density at radius 1 is 1.25 bits per heavy atom. The normalized spacial score (nSPS) is 12.0. The van der Waals surface area contributed by atoms with Crippen molar-refractivity contribution < 1.29 is 28.6 Å². The van der Waals surface area contributed by atoms with Crippen molar-refractivity contribution in [3.05, 3.63) is 34.9 Å². The second-order valence-corrected chi connectivity index (χ2v) is 4.36. The van der Waals surface area contributed by atoms with Crippen molar-refractivity contribution in [3.63, 3.8) is 0 Å². The lowest BCUT2D eigenvalue weighted by molar-refractivity contribution is 0.0689. The molecule has 0 heterocycles. The second kappa shape index (κ2) is 6.95. The van der Waals surface area contributed by atoms with Crippen LogP contribution in [0, 0.1) is 11.6 Å². The molecule has 1 rings (SSSR count). The van der Waals surface area contributed by atoms with E-state index in [1.54, 1.807) is 6.92 Å². The maximum absolute atomic E-state index is 13.1. The molecular formula is C13H15F2NO4. The molecule has 0 aliphatic carbocycles. The summed E-state index contributed by atoms with van der Waals surface area (Å²) in [5.74, 6) is -4.93. The number of amides is 1. The number of benzene rings is 1. The van der Waals surface area contributed by atoms with Crippen molar-refractivity contribution >= 4 is 11.9 Å². The summed E-state index contributed by atoms with van der Waals surface area (Å²) >= 11 is 0. The first-order valence-corrected chi connectivity index (χ1v) is 6.01.